The molecule has 2 heterocycles. The van der Waals surface area contributed by atoms with Crippen LogP contribution in [0.5, 0.6) is 0 Å². The summed E-state index contributed by atoms with van der Waals surface area (Å²) < 4.78 is 0. The Morgan fingerprint density at radius 2 is 2.05 bits per heavy atom. The Balaban J connectivity index is 1.55. The number of likely N-dealkylation sites (tertiary alicyclic amines) is 1. The number of nitrogens with one attached hydrogen (secondary N) is 1. The van der Waals surface area contributed by atoms with Gasteiger partial charge in [-0.05, 0) is 31.6 Å². The molecule has 4 heteroatoms. The maximum absolute atomic E-state index is 12.6. The van der Waals surface area contributed by atoms with Crippen molar-refractivity contribution in [2.24, 2.45) is 5.92 Å². The molecule has 3 aliphatic rings. The molecule has 0 spiro atoms. The average molecular weight is 282 g/mol. The standard InChI is InChI=1S/C15H26N2OS/c18-15(10-13-11-19-9-7-16-13)17-8-3-6-14(17)12-4-1-2-5-12/h12-14,16H,1-11H2. The van der Waals surface area contributed by atoms with Crippen LogP contribution in [0.3, 0.4) is 0 Å². The Labute approximate surface area is 120 Å². The molecule has 2 atom stereocenters. The third kappa shape index (κ3) is 3.27. The van der Waals surface area contributed by atoms with Gasteiger partial charge in [-0.15, -0.1) is 0 Å². The lowest BCUT2D eigenvalue weighted by molar-refractivity contribution is -0.133. The van der Waals surface area contributed by atoms with Crippen molar-refractivity contribution in [3.63, 3.8) is 0 Å². The van der Waals surface area contributed by atoms with Crippen LogP contribution >= 0.6 is 11.8 Å². The number of hydrogen-bond acceptors (Lipinski definition) is 3. The van der Waals surface area contributed by atoms with Crippen molar-refractivity contribution in [2.75, 3.05) is 24.6 Å². The molecule has 19 heavy (non-hydrogen) atoms. The first kappa shape index (κ1) is 13.7. The molecule has 1 aliphatic carbocycles. The zero-order chi connectivity index (χ0) is 13.1. The van der Waals surface area contributed by atoms with Crippen molar-refractivity contribution in [2.45, 2.75) is 57.0 Å². The Bertz CT molecular complexity index is 311. The molecule has 3 rings (SSSR count). The van der Waals surface area contributed by atoms with Crippen LogP contribution in [0.15, 0.2) is 0 Å². The van der Waals surface area contributed by atoms with E-state index in [2.05, 4.69) is 10.2 Å². The molecule has 0 aromatic heterocycles. The van der Waals surface area contributed by atoms with Crippen LogP contribution in [0.1, 0.15) is 44.9 Å². The molecule has 0 bridgehead atoms. The van der Waals surface area contributed by atoms with Gasteiger partial charge in [-0.3, -0.25) is 4.79 Å². The second-order valence-electron chi connectivity index (χ2n) is 6.27. The van der Waals surface area contributed by atoms with Crippen LogP contribution in [0.2, 0.25) is 0 Å². The highest BCUT2D eigenvalue weighted by Crippen LogP contribution is 2.35. The molecule has 0 aromatic rings. The average Bonchev–Trinajstić information content (AvgIpc) is 3.10. The minimum atomic E-state index is 0.411. The Morgan fingerprint density at radius 3 is 2.79 bits per heavy atom. The van der Waals surface area contributed by atoms with Crippen molar-refractivity contribution in [1.29, 1.82) is 0 Å². The number of rotatable bonds is 3. The SMILES string of the molecule is O=C(CC1CSCCN1)N1CCCC1C1CCCC1. The van der Waals surface area contributed by atoms with Gasteiger partial charge in [0.25, 0.3) is 0 Å². The van der Waals surface area contributed by atoms with Crippen LogP contribution in [-0.2, 0) is 4.79 Å². The molecule has 1 N–H and O–H groups in total. The first-order valence-electron chi connectivity index (χ1n) is 7.95. The van der Waals surface area contributed by atoms with Crippen molar-refractivity contribution in [1.82, 2.24) is 10.2 Å². The van der Waals surface area contributed by atoms with E-state index in [1.807, 2.05) is 11.8 Å². The van der Waals surface area contributed by atoms with Crippen molar-refractivity contribution < 1.29 is 4.79 Å². The van der Waals surface area contributed by atoms with Crippen molar-refractivity contribution >= 4 is 17.7 Å². The largest absolute Gasteiger partial charge is 0.339 e. The van der Waals surface area contributed by atoms with Gasteiger partial charge in [0.15, 0.2) is 0 Å². The Hall–Kier alpha value is -0.220. The van der Waals surface area contributed by atoms with Gasteiger partial charge >= 0.3 is 0 Å². The summed E-state index contributed by atoms with van der Waals surface area (Å²) in [5.74, 6) is 3.52. The predicted molar refractivity (Wildman–Crippen MR) is 80.4 cm³/mol. The van der Waals surface area contributed by atoms with Gasteiger partial charge in [0.1, 0.15) is 0 Å². The predicted octanol–water partition coefficient (Wildman–Crippen LogP) is 2.26. The highest BCUT2D eigenvalue weighted by atomic mass is 32.2. The fourth-order valence-electron chi connectivity index (χ4n) is 4.01. The fraction of sp³-hybridized carbons (Fsp3) is 0.933. The lowest BCUT2D eigenvalue weighted by atomic mass is 9.95. The van der Waals surface area contributed by atoms with E-state index >= 15 is 0 Å². The van der Waals surface area contributed by atoms with Gasteiger partial charge in [-0.25, -0.2) is 0 Å². The maximum Gasteiger partial charge on any atom is 0.224 e. The first-order valence-corrected chi connectivity index (χ1v) is 9.10. The lowest BCUT2D eigenvalue weighted by Crippen LogP contribution is -2.45. The first-order chi connectivity index (χ1) is 9.34. The number of nitrogens with zero attached hydrogens (tertiary/aromatic N) is 1. The third-order valence-electron chi connectivity index (χ3n) is 4.98. The summed E-state index contributed by atoms with van der Waals surface area (Å²) in [6.45, 7) is 2.08. The maximum atomic E-state index is 12.6. The summed E-state index contributed by atoms with van der Waals surface area (Å²) in [7, 11) is 0. The van der Waals surface area contributed by atoms with Gasteiger partial charge in [0, 0.05) is 43.1 Å². The summed E-state index contributed by atoms with van der Waals surface area (Å²) in [4.78, 5) is 14.8. The third-order valence-corrected chi connectivity index (χ3v) is 6.11. The summed E-state index contributed by atoms with van der Waals surface area (Å²) in [6, 6.07) is 0.988. The van der Waals surface area contributed by atoms with Gasteiger partial charge in [0.2, 0.25) is 5.91 Å². The van der Waals surface area contributed by atoms with Gasteiger partial charge < -0.3 is 10.2 Å². The highest BCUT2D eigenvalue weighted by molar-refractivity contribution is 7.99. The minimum absolute atomic E-state index is 0.411. The minimum Gasteiger partial charge on any atom is -0.339 e. The van der Waals surface area contributed by atoms with E-state index < -0.39 is 0 Å². The quantitative estimate of drug-likeness (QED) is 0.862. The summed E-state index contributed by atoms with van der Waals surface area (Å²) >= 11 is 1.98. The number of hydrogen-bond donors (Lipinski definition) is 1. The van der Waals surface area contributed by atoms with E-state index in [1.54, 1.807) is 0 Å². The van der Waals surface area contributed by atoms with Gasteiger partial charge in [-0.1, -0.05) is 12.8 Å². The van der Waals surface area contributed by atoms with Gasteiger partial charge in [0.05, 0.1) is 0 Å². The molecule has 2 aliphatic heterocycles. The van der Waals surface area contributed by atoms with Crippen LogP contribution in [0.25, 0.3) is 0 Å². The van der Waals surface area contributed by atoms with Crippen LogP contribution in [0, 0.1) is 5.92 Å². The number of amides is 1. The van der Waals surface area contributed by atoms with Crippen LogP contribution in [-0.4, -0.2) is 47.5 Å². The Kier molecular flexibility index (Phi) is 4.69. The molecule has 3 fully saturated rings. The molecular weight excluding hydrogens is 256 g/mol. The van der Waals surface area contributed by atoms with E-state index in [1.165, 1.54) is 44.3 Å². The van der Waals surface area contributed by atoms with E-state index in [9.17, 15) is 4.79 Å². The summed E-state index contributed by atoms with van der Waals surface area (Å²) in [5, 5.41) is 3.49. The molecule has 108 valence electrons. The smallest absolute Gasteiger partial charge is 0.224 e. The normalized spacial score (nSPS) is 32.9. The Morgan fingerprint density at radius 1 is 1.21 bits per heavy atom. The van der Waals surface area contributed by atoms with Crippen LogP contribution < -0.4 is 5.32 Å². The second-order valence-corrected chi connectivity index (χ2v) is 7.42. The second kappa shape index (κ2) is 6.49. The molecular formula is C15H26N2OS. The topological polar surface area (TPSA) is 32.3 Å². The fourth-order valence-corrected chi connectivity index (χ4v) is 4.96. The van der Waals surface area contributed by atoms with E-state index in [0.717, 1.165) is 31.2 Å². The highest BCUT2D eigenvalue weighted by Gasteiger charge is 2.36. The molecule has 2 unspecified atom stereocenters. The van der Waals surface area contributed by atoms with E-state index in [-0.39, 0.29) is 0 Å². The number of thioether (sulfide) groups is 1. The monoisotopic (exact) mass is 282 g/mol. The number of carbonyl (C=O) groups is 1. The molecule has 1 saturated carbocycles. The molecule has 2 saturated heterocycles. The van der Waals surface area contributed by atoms with Crippen LogP contribution in [0.4, 0.5) is 0 Å². The molecule has 3 nitrogen and oxygen atoms in total. The summed E-state index contributed by atoms with van der Waals surface area (Å²) in [6.07, 6.45) is 8.66. The molecule has 0 aromatic carbocycles. The van der Waals surface area contributed by atoms with E-state index in [4.69, 9.17) is 0 Å². The molecule has 1 amide bonds. The van der Waals surface area contributed by atoms with Gasteiger partial charge in [-0.2, -0.15) is 11.8 Å². The number of carbonyl (C=O) groups excluding carboxylic acids is 1. The summed E-state index contributed by atoms with van der Waals surface area (Å²) in [5.41, 5.74) is 0. The van der Waals surface area contributed by atoms with E-state index in [0.29, 0.717) is 18.0 Å². The molecule has 0 radical (unpaired) electrons. The van der Waals surface area contributed by atoms with Crippen molar-refractivity contribution in [3.05, 3.63) is 0 Å². The zero-order valence-corrected chi connectivity index (χ0v) is 12.6. The lowest BCUT2D eigenvalue weighted by Gasteiger charge is -2.31. The van der Waals surface area contributed by atoms with Crippen molar-refractivity contribution in [3.8, 4) is 0 Å². The zero-order valence-electron chi connectivity index (χ0n) is 11.8.